The Labute approximate surface area is 280 Å². The third-order valence-corrected chi connectivity index (χ3v) is 9.93. The van der Waals surface area contributed by atoms with Crippen molar-refractivity contribution in [2.24, 2.45) is 5.92 Å². The molecule has 1 atom stereocenters. The predicted octanol–water partition coefficient (Wildman–Crippen LogP) is 6.62. The zero-order valence-electron chi connectivity index (χ0n) is 27.5. The van der Waals surface area contributed by atoms with E-state index < -0.39 is 17.9 Å². The van der Waals surface area contributed by atoms with E-state index in [2.05, 4.69) is 49.9 Å². The number of aromatic nitrogens is 2. The minimum absolute atomic E-state index is 0.0961. The van der Waals surface area contributed by atoms with Crippen LogP contribution >= 0.6 is 11.3 Å². The monoisotopic (exact) mass is 654 g/mol. The van der Waals surface area contributed by atoms with Gasteiger partial charge < -0.3 is 20.1 Å². The molecule has 10 heteroatoms. The second-order valence-corrected chi connectivity index (χ2v) is 14.1. The van der Waals surface area contributed by atoms with Crippen LogP contribution < -0.4 is 10.1 Å². The summed E-state index contributed by atoms with van der Waals surface area (Å²) in [7, 11) is 0. The van der Waals surface area contributed by atoms with Crippen molar-refractivity contribution < 1.29 is 24.2 Å². The standard InChI is InChI=1S/C37H42N4O5S/c1-6-28(7-2)46-29-14-12-24(13-15-29)26-19-38-33(39-20-26)25-10-8-23(9-11-25)18-30(35(43)41-21-27(22-41)36(44)45)40-34(42)31-16-17-32(47-31)37(3,4)5/h8-17,19-20,27-28,30H,6-7,18,21-22H2,1-5H3,(H,40,42)(H,44,45). The van der Waals surface area contributed by atoms with Crippen molar-refractivity contribution in [1.29, 1.82) is 0 Å². The molecule has 0 saturated carbocycles. The summed E-state index contributed by atoms with van der Waals surface area (Å²) in [6, 6.07) is 18.4. The fraction of sp³-hybridized carbons (Fsp3) is 0.378. The molecule has 0 aliphatic carbocycles. The van der Waals surface area contributed by atoms with E-state index in [-0.39, 0.29) is 42.8 Å². The number of aliphatic carboxylic acids is 1. The van der Waals surface area contributed by atoms with Crippen LogP contribution in [-0.4, -0.2) is 63.0 Å². The largest absolute Gasteiger partial charge is 0.490 e. The maximum atomic E-state index is 13.5. The van der Waals surface area contributed by atoms with Crippen LogP contribution in [0.25, 0.3) is 22.5 Å². The number of likely N-dealkylation sites (tertiary alicyclic amines) is 1. The average molecular weight is 655 g/mol. The van der Waals surface area contributed by atoms with Gasteiger partial charge in [0.05, 0.1) is 16.9 Å². The molecule has 1 aliphatic rings. The molecule has 1 saturated heterocycles. The highest BCUT2D eigenvalue weighted by molar-refractivity contribution is 7.14. The van der Waals surface area contributed by atoms with Gasteiger partial charge in [0.2, 0.25) is 5.91 Å². The Morgan fingerprint density at radius 3 is 2.09 bits per heavy atom. The zero-order chi connectivity index (χ0) is 33.7. The van der Waals surface area contributed by atoms with Crippen LogP contribution in [0.15, 0.2) is 73.1 Å². The Bertz CT molecular complexity index is 1680. The van der Waals surface area contributed by atoms with Crippen molar-refractivity contribution in [3.8, 4) is 28.3 Å². The highest BCUT2D eigenvalue weighted by Crippen LogP contribution is 2.30. The number of rotatable bonds is 12. The molecule has 47 heavy (non-hydrogen) atoms. The number of thiophene rings is 1. The average Bonchev–Trinajstić information content (AvgIpc) is 3.55. The van der Waals surface area contributed by atoms with Crippen LogP contribution in [0, 0.1) is 5.92 Å². The normalized spacial score (nSPS) is 14.0. The topological polar surface area (TPSA) is 122 Å². The molecular weight excluding hydrogens is 612 g/mol. The van der Waals surface area contributed by atoms with E-state index in [1.54, 1.807) is 18.5 Å². The Hall–Kier alpha value is -4.57. The Morgan fingerprint density at radius 2 is 1.53 bits per heavy atom. The van der Waals surface area contributed by atoms with Crippen molar-refractivity contribution in [3.63, 3.8) is 0 Å². The van der Waals surface area contributed by atoms with Gasteiger partial charge in [0, 0.05) is 47.9 Å². The summed E-state index contributed by atoms with van der Waals surface area (Å²) in [5.41, 5.74) is 3.46. The van der Waals surface area contributed by atoms with Crippen LogP contribution in [0.3, 0.4) is 0 Å². The number of carbonyl (C=O) groups is 3. The molecule has 0 bridgehead atoms. The van der Waals surface area contributed by atoms with Crippen molar-refractivity contribution in [2.45, 2.75) is 71.4 Å². The number of hydrogen-bond donors (Lipinski definition) is 2. The number of ether oxygens (including phenoxy) is 1. The van der Waals surface area contributed by atoms with E-state index >= 15 is 0 Å². The van der Waals surface area contributed by atoms with Crippen LogP contribution in [0.5, 0.6) is 5.75 Å². The van der Waals surface area contributed by atoms with Gasteiger partial charge in [-0.2, -0.15) is 0 Å². The maximum Gasteiger partial charge on any atom is 0.310 e. The molecule has 4 aromatic rings. The summed E-state index contributed by atoms with van der Waals surface area (Å²) in [6.07, 6.45) is 5.99. The first-order valence-electron chi connectivity index (χ1n) is 16.1. The van der Waals surface area contributed by atoms with E-state index in [4.69, 9.17) is 4.74 Å². The van der Waals surface area contributed by atoms with Gasteiger partial charge >= 0.3 is 5.97 Å². The van der Waals surface area contributed by atoms with Crippen molar-refractivity contribution in [1.82, 2.24) is 20.2 Å². The van der Waals surface area contributed by atoms with Gasteiger partial charge in [0.25, 0.3) is 5.91 Å². The fourth-order valence-corrected chi connectivity index (χ4v) is 6.32. The molecule has 2 aromatic carbocycles. The molecular formula is C37H42N4O5S. The lowest BCUT2D eigenvalue weighted by Crippen LogP contribution is -2.59. The molecule has 2 amide bonds. The van der Waals surface area contributed by atoms with Crippen LogP contribution in [0.1, 0.15) is 67.6 Å². The minimum atomic E-state index is -0.922. The number of nitrogens with zero attached hydrogens (tertiary/aromatic N) is 3. The highest BCUT2D eigenvalue weighted by atomic mass is 32.1. The first-order chi connectivity index (χ1) is 22.4. The molecule has 2 N–H and O–H groups in total. The fourth-order valence-electron chi connectivity index (χ4n) is 5.35. The van der Waals surface area contributed by atoms with Gasteiger partial charge in [-0.15, -0.1) is 11.3 Å². The van der Waals surface area contributed by atoms with Gasteiger partial charge in [0.1, 0.15) is 11.8 Å². The molecule has 5 rings (SSSR count). The van der Waals surface area contributed by atoms with E-state index in [0.29, 0.717) is 10.7 Å². The highest BCUT2D eigenvalue weighted by Gasteiger charge is 2.39. The van der Waals surface area contributed by atoms with E-state index in [9.17, 15) is 19.5 Å². The van der Waals surface area contributed by atoms with Gasteiger partial charge in [-0.1, -0.05) is 71.0 Å². The molecule has 1 fully saturated rings. The number of carbonyl (C=O) groups excluding carboxylic acids is 2. The van der Waals surface area contributed by atoms with Gasteiger partial charge in [-0.05, 0) is 53.6 Å². The summed E-state index contributed by atoms with van der Waals surface area (Å²) in [5.74, 6) is -0.699. The quantitative estimate of drug-likeness (QED) is 0.176. The van der Waals surface area contributed by atoms with E-state index in [1.807, 2.05) is 54.6 Å². The molecule has 1 unspecified atom stereocenters. The maximum absolute atomic E-state index is 13.5. The number of hydrogen-bond acceptors (Lipinski definition) is 7. The molecule has 3 heterocycles. The van der Waals surface area contributed by atoms with Crippen molar-refractivity contribution in [2.75, 3.05) is 13.1 Å². The third kappa shape index (κ3) is 8.24. The summed E-state index contributed by atoms with van der Waals surface area (Å²) < 4.78 is 6.02. The number of benzene rings is 2. The smallest absolute Gasteiger partial charge is 0.310 e. The lowest BCUT2D eigenvalue weighted by Gasteiger charge is -2.38. The SMILES string of the molecule is CCC(CC)Oc1ccc(-c2cnc(-c3ccc(CC(NC(=O)c4ccc(C(C)(C)C)s4)C(=O)N4CC(C(=O)O)C4)cc3)nc2)cc1. The molecule has 0 spiro atoms. The second-order valence-electron chi connectivity index (χ2n) is 13.0. The predicted molar refractivity (Wildman–Crippen MR) is 184 cm³/mol. The number of amides is 2. The number of carboxylic acids is 1. The molecule has 1 aliphatic heterocycles. The lowest BCUT2D eigenvalue weighted by atomic mass is 9.95. The van der Waals surface area contributed by atoms with Gasteiger partial charge in [-0.3, -0.25) is 14.4 Å². The Kier molecular flexibility index (Phi) is 10.4. The van der Waals surface area contributed by atoms with E-state index in [0.717, 1.165) is 45.7 Å². The third-order valence-electron chi connectivity index (χ3n) is 8.42. The molecule has 2 aromatic heterocycles. The Balaban J connectivity index is 1.27. The van der Waals surface area contributed by atoms with Crippen molar-refractivity contribution in [3.05, 3.63) is 88.4 Å². The first kappa shape index (κ1) is 33.8. The lowest BCUT2D eigenvalue weighted by molar-refractivity contribution is -0.153. The molecule has 9 nitrogen and oxygen atoms in total. The minimum Gasteiger partial charge on any atom is -0.490 e. The van der Waals surface area contributed by atoms with Crippen LogP contribution in [-0.2, 0) is 21.4 Å². The zero-order valence-corrected chi connectivity index (χ0v) is 28.3. The van der Waals surface area contributed by atoms with Gasteiger partial charge in [-0.25, -0.2) is 9.97 Å². The van der Waals surface area contributed by atoms with Crippen molar-refractivity contribution >= 4 is 29.1 Å². The Morgan fingerprint density at radius 1 is 0.915 bits per heavy atom. The summed E-state index contributed by atoms with van der Waals surface area (Å²) in [5, 5.41) is 12.2. The summed E-state index contributed by atoms with van der Waals surface area (Å²) >= 11 is 1.41. The van der Waals surface area contributed by atoms with Crippen LogP contribution in [0.4, 0.5) is 0 Å². The summed E-state index contributed by atoms with van der Waals surface area (Å²) in [4.78, 5) is 50.3. The van der Waals surface area contributed by atoms with Crippen LogP contribution in [0.2, 0.25) is 0 Å². The molecule has 246 valence electrons. The molecule has 0 radical (unpaired) electrons. The summed E-state index contributed by atoms with van der Waals surface area (Å²) in [6.45, 7) is 10.8. The van der Waals surface area contributed by atoms with E-state index in [1.165, 1.54) is 16.2 Å². The van der Waals surface area contributed by atoms with Gasteiger partial charge in [0.15, 0.2) is 5.82 Å². The first-order valence-corrected chi connectivity index (χ1v) is 16.9. The number of nitrogens with one attached hydrogen (secondary N) is 1. The second kappa shape index (κ2) is 14.5. The number of carboxylic acid groups (broad SMARTS) is 1.